The molecule has 4 amide bonds. The summed E-state index contributed by atoms with van der Waals surface area (Å²) in [6, 6.07) is 3.01. The summed E-state index contributed by atoms with van der Waals surface area (Å²) < 4.78 is 0. The number of carboxylic acid groups (broad SMARTS) is 1. The number of primary amides is 1. The fourth-order valence-electron chi connectivity index (χ4n) is 4.39. The zero-order valence-electron chi connectivity index (χ0n) is 23.5. The number of para-hydroxylation sites is 1. The molecule has 12 heteroatoms. The molecular formula is C28H42N6O6. The van der Waals surface area contributed by atoms with Crippen LogP contribution < -0.4 is 27.4 Å². The van der Waals surface area contributed by atoms with Gasteiger partial charge in [-0.1, -0.05) is 52.3 Å². The van der Waals surface area contributed by atoms with Crippen LogP contribution in [0.4, 0.5) is 0 Å². The Bertz CT molecular complexity index is 1190. The normalized spacial score (nSPS) is 15.1. The van der Waals surface area contributed by atoms with Crippen LogP contribution in [0.25, 0.3) is 10.9 Å². The Hall–Kier alpha value is -3.93. The van der Waals surface area contributed by atoms with Gasteiger partial charge in [0.05, 0.1) is 6.04 Å². The van der Waals surface area contributed by atoms with Gasteiger partial charge in [-0.05, 0) is 36.3 Å². The number of carboxylic acids is 1. The van der Waals surface area contributed by atoms with E-state index in [0.717, 1.165) is 16.5 Å². The number of H-pyrrole nitrogens is 1. The molecule has 0 fully saturated rings. The Labute approximate surface area is 234 Å². The van der Waals surface area contributed by atoms with E-state index in [1.54, 1.807) is 13.1 Å². The lowest BCUT2D eigenvalue weighted by molar-refractivity contribution is -0.143. The van der Waals surface area contributed by atoms with Crippen LogP contribution in [0.2, 0.25) is 0 Å². The van der Waals surface area contributed by atoms with Crippen molar-refractivity contribution in [1.82, 2.24) is 20.9 Å². The third-order valence-electron chi connectivity index (χ3n) is 6.88. The Morgan fingerprint density at radius 3 is 2.17 bits per heavy atom. The van der Waals surface area contributed by atoms with E-state index in [2.05, 4.69) is 20.9 Å². The number of benzene rings is 1. The Morgan fingerprint density at radius 2 is 1.57 bits per heavy atom. The Kier molecular flexibility index (Phi) is 12.1. The van der Waals surface area contributed by atoms with Crippen LogP contribution in [0.15, 0.2) is 30.5 Å². The number of hydrogen-bond donors (Lipinski definition) is 7. The van der Waals surface area contributed by atoms with Crippen LogP contribution in [-0.2, 0) is 30.4 Å². The smallest absolute Gasteiger partial charge is 0.326 e. The zero-order valence-corrected chi connectivity index (χ0v) is 23.5. The molecule has 12 nitrogen and oxygen atoms in total. The number of aromatic amines is 1. The highest BCUT2D eigenvalue weighted by atomic mass is 16.4. The summed E-state index contributed by atoms with van der Waals surface area (Å²) >= 11 is 0. The SMILES string of the molecule is CCC(C)C(NC(=O)C(Cc1c[nH]c2ccccc12)NC(=O)C(CCC(N)=O)NC(=O)C(N)CC(C)C)C(=O)O. The van der Waals surface area contributed by atoms with Crippen molar-refractivity contribution in [3.8, 4) is 0 Å². The van der Waals surface area contributed by atoms with E-state index in [0.29, 0.717) is 12.8 Å². The van der Waals surface area contributed by atoms with Gasteiger partial charge in [-0.3, -0.25) is 19.2 Å². The van der Waals surface area contributed by atoms with Crippen molar-refractivity contribution in [3.63, 3.8) is 0 Å². The lowest BCUT2D eigenvalue weighted by atomic mass is 9.97. The molecule has 1 heterocycles. The topological polar surface area (TPSA) is 210 Å². The van der Waals surface area contributed by atoms with E-state index in [1.807, 2.05) is 45.0 Å². The molecule has 0 aliphatic rings. The van der Waals surface area contributed by atoms with Crippen LogP contribution in [0.5, 0.6) is 0 Å². The van der Waals surface area contributed by atoms with Gasteiger partial charge in [-0.2, -0.15) is 0 Å². The first-order chi connectivity index (χ1) is 18.8. The van der Waals surface area contributed by atoms with Gasteiger partial charge in [-0.15, -0.1) is 0 Å². The lowest BCUT2D eigenvalue weighted by Crippen LogP contribution is -2.58. The molecule has 2 aromatic rings. The average molecular weight is 559 g/mol. The van der Waals surface area contributed by atoms with Crippen molar-refractivity contribution in [1.29, 1.82) is 0 Å². The predicted octanol–water partition coefficient (Wildman–Crippen LogP) is 0.934. The standard InChI is InChI=1S/C28H42N6O6/c1-5-16(4)24(28(39)40)34-27(38)22(13-17-14-31-20-9-7-6-8-18(17)20)33-26(37)21(10-11-23(30)35)32-25(36)19(29)12-15(2)3/h6-9,14-16,19,21-22,24,31H,5,10-13,29H2,1-4H3,(H2,30,35)(H,32,36)(H,33,37)(H,34,38)(H,39,40). The molecule has 9 N–H and O–H groups in total. The highest BCUT2D eigenvalue weighted by Gasteiger charge is 2.32. The molecule has 0 bridgehead atoms. The van der Waals surface area contributed by atoms with Crippen molar-refractivity contribution < 1.29 is 29.1 Å². The molecule has 0 spiro atoms. The maximum atomic E-state index is 13.4. The van der Waals surface area contributed by atoms with Gasteiger partial charge < -0.3 is 37.5 Å². The highest BCUT2D eigenvalue weighted by molar-refractivity contribution is 5.95. The molecule has 1 aromatic heterocycles. The number of aliphatic carboxylic acids is 1. The van der Waals surface area contributed by atoms with Crippen molar-refractivity contribution in [2.45, 2.75) is 84.0 Å². The van der Waals surface area contributed by atoms with Crippen molar-refractivity contribution in [2.75, 3.05) is 0 Å². The molecule has 0 radical (unpaired) electrons. The largest absolute Gasteiger partial charge is 0.480 e. The van der Waals surface area contributed by atoms with Crippen LogP contribution in [0, 0.1) is 11.8 Å². The maximum Gasteiger partial charge on any atom is 0.326 e. The minimum absolute atomic E-state index is 0.0395. The molecule has 0 aliphatic heterocycles. The number of fused-ring (bicyclic) bond motifs is 1. The summed E-state index contributed by atoms with van der Waals surface area (Å²) in [6.45, 7) is 7.33. The maximum absolute atomic E-state index is 13.4. The average Bonchev–Trinajstić information content (AvgIpc) is 3.30. The van der Waals surface area contributed by atoms with Gasteiger partial charge >= 0.3 is 5.97 Å². The molecule has 220 valence electrons. The summed E-state index contributed by atoms with van der Waals surface area (Å²) in [5, 5.41) is 18.3. The van der Waals surface area contributed by atoms with E-state index < -0.39 is 53.8 Å². The Morgan fingerprint density at radius 1 is 0.950 bits per heavy atom. The first-order valence-electron chi connectivity index (χ1n) is 13.6. The number of carbonyl (C=O) groups is 5. The van der Waals surface area contributed by atoms with Gasteiger partial charge in [-0.25, -0.2) is 4.79 Å². The minimum atomic E-state index is -1.19. The monoisotopic (exact) mass is 558 g/mol. The highest BCUT2D eigenvalue weighted by Crippen LogP contribution is 2.20. The molecule has 1 aromatic carbocycles. The molecule has 0 saturated heterocycles. The van der Waals surface area contributed by atoms with E-state index >= 15 is 0 Å². The number of rotatable bonds is 16. The van der Waals surface area contributed by atoms with Gasteiger partial charge in [0.15, 0.2) is 0 Å². The molecule has 40 heavy (non-hydrogen) atoms. The summed E-state index contributed by atoms with van der Waals surface area (Å²) in [7, 11) is 0. The van der Waals surface area contributed by atoms with E-state index in [1.165, 1.54) is 0 Å². The predicted molar refractivity (Wildman–Crippen MR) is 151 cm³/mol. The van der Waals surface area contributed by atoms with Gasteiger partial charge in [0.2, 0.25) is 23.6 Å². The van der Waals surface area contributed by atoms with Crippen LogP contribution in [0.1, 0.15) is 58.9 Å². The second kappa shape index (κ2) is 15.0. The second-order valence-corrected chi connectivity index (χ2v) is 10.6. The van der Waals surface area contributed by atoms with Crippen LogP contribution in [0.3, 0.4) is 0 Å². The van der Waals surface area contributed by atoms with Gasteiger partial charge in [0, 0.05) is 29.9 Å². The molecule has 5 atom stereocenters. The van der Waals surface area contributed by atoms with Crippen molar-refractivity contribution in [3.05, 3.63) is 36.0 Å². The number of nitrogens with one attached hydrogen (secondary N) is 4. The van der Waals surface area contributed by atoms with Crippen molar-refractivity contribution >= 4 is 40.5 Å². The number of aromatic nitrogens is 1. The quantitative estimate of drug-likeness (QED) is 0.158. The summed E-state index contributed by atoms with van der Waals surface area (Å²) in [4.78, 5) is 66.0. The number of amides is 4. The Balaban J connectivity index is 2.35. The number of hydrogen-bond acceptors (Lipinski definition) is 6. The first-order valence-corrected chi connectivity index (χ1v) is 13.6. The molecule has 5 unspecified atom stereocenters. The lowest BCUT2D eigenvalue weighted by Gasteiger charge is -2.26. The zero-order chi connectivity index (χ0) is 30.0. The van der Waals surface area contributed by atoms with E-state index in [-0.39, 0.29) is 31.1 Å². The van der Waals surface area contributed by atoms with E-state index in [4.69, 9.17) is 11.5 Å². The second-order valence-electron chi connectivity index (χ2n) is 10.6. The number of carbonyl (C=O) groups excluding carboxylic acids is 4. The van der Waals surface area contributed by atoms with Crippen molar-refractivity contribution in [2.24, 2.45) is 23.3 Å². The van der Waals surface area contributed by atoms with Crippen LogP contribution >= 0.6 is 0 Å². The summed E-state index contributed by atoms with van der Waals surface area (Å²) in [6.07, 6.45) is 2.36. The van der Waals surface area contributed by atoms with Crippen LogP contribution in [-0.4, -0.2) is 63.9 Å². The molecule has 0 aliphatic carbocycles. The molecule has 0 saturated carbocycles. The number of nitrogens with two attached hydrogens (primary N) is 2. The fraction of sp³-hybridized carbons (Fsp3) is 0.536. The molecular weight excluding hydrogens is 516 g/mol. The minimum Gasteiger partial charge on any atom is -0.480 e. The first kappa shape index (κ1) is 32.3. The van der Waals surface area contributed by atoms with Gasteiger partial charge in [0.25, 0.3) is 0 Å². The third-order valence-corrected chi connectivity index (χ3v) is 6.88. The fourth-order valence-corrected chi connectivity index (χ4v) is 4.39. The third kappa shape index (κ3) is 9.37. The van der Waals surface area contributed by atoms with Gasteiger partial charge in [0.1, 0.15) is 18.1 Å². The summed E-state index contributed by atoms with van der Waals surface area (Å²) in [5.74, 6) is -4.06. The summed E-state index contributed by atoms with van der Waals surface area (Å²) in [5.41, 5.74) is 12.8. The van der Waals surface area contributed by atoms with E-state index in [9.17, 15) is 29.1 Å². The molecule has 2 rings (SSSR count).